The highest BCUT2D eigenvalue weighted by molar-refractivity contribution is 6.33. The summed E-state index contributed by atoms with van der Waals surface area (Å²) in [5, 5.41) is 3.35. The van der Waals surface area contributed by atoms with Crippen LogP contribution < -0.4 is 5.32 Å². The summed E-state index contributed by atoms with van der Waals surface area (Å²) in [7, 11) is 0. The zero-order chi connectivity index (χ0) is 17.4. The Morgan fingerprint density at radius 2 is 2.04 bits per heavy atom. The van der Waals surface area contributed by atoms with E-state index in [0.717, 1.165) is 11.1 Å². The lowest BCUT2D eigenvalue weighted by Crippen LogP contribution is -2.23. The number of rotatable bonds is 3. The third kappa shape index (κ3) is 3.15. The number of fused-ring (bicyclic) bond motifs is 1. The van der Waals surface area contributed by atoms with Crippen molar-refractivity contribution in [1.29, 1.82) is 0 Å². The number of amides is 1. The molecule has 1 atom stereocenters. The Morgan fingerprint density at radius 1 is 1.20 bits per heavy atom. The maximum atomic E-state index is 13.3. The van der Waals surface area contributed by atoms with E-state index < -0.39 is 0 Å². The summed E-state index contributed by atoms with van der Waals surface area (Å²) >= 11 is 6.27. The predicted octanol–water partition coefficient (Wildman–Crippen LogP) is 4.49. The van der Waals surface area contributed by atoms with Crippen molar-refractivity contribution in [3.05, 3.63) is 71.0 Å². The SMILES string of the molecule is O=C(Nc1ccc(-c2cnco2)c(Cl)c1)C1Cc2ccc(F)cc2C1. The zero-order valence-electron chi connectivity index (χ0n) is 13.1. The van der Waals surface area contributed by atoms with Crippen LogP contribution in [0.4, 0.5) is 10.1 Å². The fourth-order valence-electron chi connectivity index (χ4n) is 3.16. The number of nitrogens with zero attached hydrogens (tertiary/aromatic N) is 1. The van der Waals surface area contributed by atoms with Crippen LogP contribution in [-0.2, 0) is 17.6 Å². The summed E-state index contributed by atoms with van der Waals surface area (Å²) in [6.45, 7) is 0. The molecule has 25 heavy (non-hydrogen) atoms. The van der Waals surface area contributed by atoms with Gasteiger partial charge in [0.15, 0.2) is 12.2 Å². The van der Waals surface area contributed by atoms with Gasteiger partial charge in [0.25, 0.3) is 0 Å². The molecule has 0 aliphatic heterocycles. The average Bonchev–Trinajstić information content (AvgIpc) is 3.23. The topological polar surface area (TPSA) is 55.1 Å². The van der Waals surface area contributed by atoms with Gasteiger partial charge in [0, 0.05) is 17.2 Å². The smallest absolute Gasteiger partial charge is 0.228 e. The number of carbonyl (C=O) groups is 1. The number of hydrogen-bond acceptors (Lipinski definition) is 3. The van der Waals surface area contributed by atoms with Gasteiger partial charge in [-0.3, -0.25) is 4.79 Å². The van der Waals surface area contributed by atoms with Crippen molar-refractivity contribution >= 4 is 23.2 Å². The first-order chi connectivity index (χ1) is 12.1. The lowest BCUT2D eigenvalue weighted by atomic mass is 10.1. The minimum atomic E-state index is -0.269. The van der Waals surface area contributed by atoms with Gasteiger partial charge in [0.1, 0.15) is 5.82 Å². The molecule has 0 saturated carbocycles. The number of aromatic nitrogens is 1. The average molecular weight is 357 g/mol. The van der Waals surface area contributed by atoms with Crippen LogP contribution in [0.25, 0.3) is 11.3 Å². The number of nitrogens with one attached hydrogen (secondary N) is 1. The van der Waals surface area contributed by atoms with Crippen LogP contribution >= 0.6 is 11.6 Å². The quantitative estimate of drug-likeness (QED) is 0.752. The van der Waals surface area contributed by atoms with Crippen LogP contribution in [0.15, 0.2) is 53.4 Å². The fraction of sp³-hybridized carbons (Fsp3) is 0.158. The van der Waals surface area contributed by atoms with Crippen LogP contribution in [0.5, 0.6) is 0 Å². The van der Waals surface area contributed by atoms with E-state index in [9.17, 15) is 9.18 Å². The standard InChI is InChI=1S/C19H14ClFN2O2/c20-17-8-15(3-4-16(17)18-9-22-10-25-18)23-19(24)13-5-11-1-2-14(21)7-12(11)6-13/h1-4,7-10,13H,5-6H2,(H,23,24). The van der Waals surface area contributed by atoms with Crippen molar-refractivity contribution in [1.82, 2.24) is 4.98 Å². The molecule has 0 bridgehead atoms. The number of benzene rings is 2. The van der Waals surface area contributed by atoms with Crippen molar-refractivity contribution in [2.24, 2.45) is 5.92 Å². The molecule has 1 N–H and O–H groups in total. The molecule has 6 heteroatoms. The number of anilines is 1. The van der Waals surface area contributed by atoms with E-state index in [1.165, 1.54) is 18.5 Å². The van der Waals surface area contributed by atoms with E-state index in [-0.39, 0.29) is 17.6 Å². The maximum Gasteiger partial charge on any atom is 0.228 e. The number of carbonyl (C=O) groups excluding carboxylic acids is 1. The fourth-order valence-corrected chi connectivity index (χ4v) is 3.43. The van der Waals surface area contributed by atoms with Gasteiger partial charge in [-0.25, -0.2) is 9.37 Å². The molecular formula is C19H14ClFN2O2. The number of hydrogen-bond donors (Lipinski definition) is 1. The van der Waals surface area contributed by atoms with Crippen molar-refractivity contribution < 1.29 is 13.6 Å². The Morgan fingerprint density at radius 3 is 2.80 bits per heavy atom. The van der Waals surface area contributed by atoms with Crippen molar-refractivity contribution in [3.8, 4) is 11.3 Å². The van der Waals surface area contributed by atoms with Crippen LogP contribution in [0.1, 0.15) is 11.1 Å². The van der Waals surface area contributed by atoms with Crippen molar-refractivity contribution in [2.75, 3.05) is 5.32 Å². The lowest BCUT2D eigenvalue weighted by Gasteiger charge is -2.11. The highest BCUT2D eigenvalue weighted by Crippen LogP contribution is 2.31. The molecule has 4 nitrogen and oxygen atoms in total. The van der Waals surface area contributed by atoms with E-state index in [0.29, 0.717) is 34.9 Å². The molecule has 126 valence electrons. The Kier molecular flexibility index (Phi) is 4.01. The molecule has 1 amide bonds. The highest BCUT2D eigenvalue weighted by atomic mass is 35.5. The van der Waals surface area contributed by atoms with Crippen molar-refractivity contribution in [3.63, 3.8) is 0 Å². The van der Waals surface area contributed by atoms with E-state index in [4.69, 9.17) is 16.0 Å². The Bertz CT molecular complexity index is 941. The monoisotopic (exact) mass is 356 g/mol. The molecule has 1 aromatic heterocycles. The number of oxazole rings is 1. The molecule has 1 aliphatic rings. The largest absolute Gasteiger partial charge is 0.443 e. The molecule has 2 aromatic carbocycles. The molecule has 3 aromatic rings. The zero-order valence-corrected chi connectivity index (χ0v) is 13.9. The molecule has 0 saturated heterocycles. The van der Waals surface area contributed by atoms with Gasteiger partial charge in [-0.2, -0.15) is 0 Å². The third-order valence-corrected chi connectivity index (χ3v) is 4.72. The molecular weight excluding hydrogens is 343 g/mol. The molecule has 0 fully saturated rings. The molecule has 1 heterocycles. The van der Waals surface area contributed by atoms with Gasteiger partial charge in [0.2, 0.25) is 5.91 Å². The second-order valence-corrected chi connectivity index (χ2v) is 6.47. The van der Waals surface area contributed by atoms with E-state index in [2.05, 4.69) is 10.3 Å². The van der Waals surface area contributed by atoms with Gasteiger partial charge in [-0.15, -0.1) is 0 Å². The molecule has 0 radical (unpaired) electrons. The van der Waals surface area contributed by atoms with Crippen LogP contribution in [0.3, 0.4) is 0 Å². The van der Waals surface area contributed by atoms with Gasteiger partial charge < -0.3 is 9.73 Å². The van der Waals surface area contributed by atoms with E-state index in [1.807, 2.05) is 0 Å². The first-order valence-corrected chi connectivity index (χ1v) is 8.24. The van der Waals surface area contributed by atoms with Crippen LogP contribution in [0.2, 0.25) is 5.02 Å². The second kappa shape index (κ2) is 6.33. The van der Waals surface area contributed by atoms with Gasteiger partial charge in [-0.1, -0.05) is 17.7 Å². The Labute approximate surface area is 148 Å². The molecule has 1 unspecified atom stereocenters. The minimum Gasteiger partial charge on any atom is -0.443 e. The van der Waals surface area contributed by atoms with Crippen molar-refractivity contribution in [2.45, 2.75) is 12.8 Å². The van der Waals surface area contributed by atoms with E-state index >= 15 is 0 Å². The summed E-state index contributed by atoms with van der Waals surface area (Å²) in [6, 6.07) is 9.91. The van der Waals surface area contributed by atoms with Gasteiger partial charge >= 0.3 is 0 Å². The molecule has 1 aliphatic carbocycles. The summed E-state index contributed by atoms with van der Waals surface area (Å²) in [5.41, 5.74) is 3.25. The maximum absolute atomic E-state index is 13.3. The Balaban J connectivity index is 1.48. The second-order valence-electron chi connectivity index (χ2n) is 6.07. The lowest BCUT2D eigenvalue weighted by molar-refractivity contribution is -0.119. The minimum absolute atomic E-state index is 0.0971. The first kappa shape index (κ1) is 15.8. The third-order valence-electron chi connectivity index (χ3n) is 4.41. The summed E-state index contributed by atoms with van der Waals surface area (Å²) in [5.74, 6) is -0.00430. The Hall–Kier alpha value is -2.66. The first-order valence-electron chi connectivity index (χ1n) is 7.87. The normalized spacial score (nSPS) is 15.8. The summed E-state index contributed by atoms with van der Waals surface area (Å²) in [4.78, 5) is 16.4. The summed E-state index contributed by atoms with van der Waals surface area (Å²) < 4.78 is 18.5. The van der Waals surface area contributed by atoms with E-state index in [1.54, 1.807) is 30.5 Å². The summed E-state index contributed by atoms with van der Waals surface area (Å²) in [6.07, 6.45) is 4.07. The van der Waals surface area contributed by atoms with Gasteiger partial charge in [0.05, 0.1) is 11.2 Å². The molecule has 4 rings (SSSR count). The number of halogens is 2. The molecule has 0 spiro atoms. The highest BCUT2D eigenvalue weighted by Gasteiger charge is 2.27. The predicted molar refractivity (Wildman–Crippen MR) is 92.9 cm³/mol. The van der Waals surface area contributed by atoms with Gasteiger partial charge in [-0.05, 0) is 54.3 Å². The van der Waals surface area contributed by atoms with Crippen LogP contribution in [0, 0.1) is 11.7 Å². The van der Waals surface area contributed by atoms with Crippen LogP contribution in [-0.4, -0.2) is 10.9 Å².